The summed E-state index contributed by atoms with van der Waals surface area (Å²) in [6.07, 6.45) is 0.539. The zero-order valence-corrected chi connectivity index (χ0v) is 14.5. The molecule has 4 rings (SSSR count). The van der Waals surface area contributed by atoms with Gasteiger partial charge in [0.05, 0.1) is 50.4 Å². The first-order valence-corrected chi connectivity index (χ1v) is 8.43. The molecule has 2 unspecified atom stereocenters. The molecule has 26 heavy (non-hydrogen) atoms. The van der Waals surface area contributed by atoms with Crippen LogP contribution in [0.1, 0.15) is 23.2 Å². The minimum absolute atomic E-state index is 0.0156. The standard InChI is InChI=1S/C19H18N2O5/c1-23-13-4-3-11(7-14(13)24-2)15(22)16-18(9-20,10-21)19(16)6-5-12-8-25-17(19)26-12/h3-4,7,12,16-17H,5-6,8H2,1-2H3/t12-,16-,17?,19?/m0/s1. The van der Waals surface area contributed by atoms with Crippen LogP contribution in [0.4, 0.5) is 0 Å². The first kappa shape index (κ1) is 16.8. The second kappa shape index (κ2) is 5.70. The predicted octanol–water partition coefficient (Wildman–Crippen LogP) is 2.07. The summed E-state index contributed by atoms with van der Waals surface area (Å²) >= 11 is 0. The Balaban J connectivity index is 1.74. The van der Waals surface area contributed by atoms with Crippen LogP contribution in [0, 0.1) is 39.4 Å². The summed E-state index contributed by atoms with van der Waals surface area (Å²) in [5.41, 5.74) is -1.97. The number of ketones is 1. The summed E-state index contributed by atoms with van der Waals surface area (Å²) in [6, 6.07) is 9.04. The largest absolute Gasteiger partial charge is 0.493 e. The Bertz CT molecular complexity index is 840. The molecule has 4 atom stereocenters. The van der Waals surface area contributed by atoms with Gasteiger partial charge in [-0.2, -0.15) is 10.5 Å². The van der Waals surface area contributed by atoms with E-state index in [1.54, 1.807) is 18.2 Å². The molecule has 1 spiro atoms. The number of Topliss-reactive ketones (excluding diaryl/α,β-unsaturated/α-hetero) is 1. The Kier molecular flexibility index (Phi) is 3.69. The third-order valence-electron chi connectivity index (χ3n) is 5.93. The highest BCUT2D eigenvalue weighted by molar-refractivity contribution is 6.03. The zero-order chi connectivity index (χ0) is 18.5. The third-order valence-corrected chi connectivity index (χ3v) is 5.93. The Morgan fingerprint density at radius 1 is 1.23 bits per heavy atom. The molecule has 2 aliphatic heterocycles. The Labute approximate surface area is 151 Å². The molecule has 1 aromatic carbocycles. The van der Waals surface area contributed by atoms with Crippen molar-refractivity contribution in [3.8, 4) is 23.6 Å². The number of rotatable bonds is 4. The lowest BCUT2D eigenvalue weighted by atomic mass is 9.86. The number of carbonyl (C=O) groups excluding carboxylic acids is 1. The van der Waals surface area contributed by atoms with E-state index in [2.05, 4.69) is 12.1 Å². The smallest absolute Gasteiger partial charge is 0.169 e. The van der Waals surface area contributed by atoms with Gasteiger partial charge in [0.2, 0.25) is 0 Å². The summed E-state index contributed by atoms with van der Waals surface area (Å²) < 4.78 is 22.0. The minimum Gasteiger partial charge on any atom is -0.493 e. The summed E-state index contributed by atoms with van der Waals surface area (Å²) in [7, 11) is 3.00. The number of nitrogens with zero attached hydrogens (tertiary/aromatic N) is 2. The lowest BCUT2D eigenvalue weighted by Gasteiger charge is -2.29. The fourth-order valence-corrected chi connectivity index (χ4v) is 4.56. The third kappa shape index (κ3) is 1.90. The van der Waals surface area contributed by atoms with Gasteiger partial charge >= 0.3 is 0 Å². The van der Waals surface area contributed by atoms with E-state index in [0.717, 1.165) is 0 Å². The number of fused-ring (bicyclic) bond motifs is 3. The van der Waals surface area contributed by atoms with E-state index in [-0.39, 0.29) is 11.9 Å². The molecule has 2 heterocycles. The molecule has 0 N–H and O–H groups in total. The van der Waals surface area contributed by atoms with Crippen LogP contribution in [0.5, 0.6) is 11.5 Å². The normalized spacial score (nSPS) is 33.2. The Morgan fingerprint density at radius 3 is 2.62 bits per heavy atom. The van der Waals surface area contributed by atoms with Crippen molar-refractivity contribution in [2.45, 2.75) is 25.2 Å². The summed E-state index contributed by atoms with van der Waals surface area (Å²) in [6.45, 7) is 0.441. The topological polar surface area (TPSA) is 102 Å². The van der Waals surface area contributed by atoms with E-state index in [1.165, 1.54) is 14.2 Å². The van der Waals surface area contributed by atoms with Gasteiger partial charge in [-0.1, -0.05) is 0 Å². The maximum atomic E-state index is 13.2. The van der Waals surface area contributed by atoms with E-state index in [1.807, 2.05) is 0 Å². The van der Waals surface area contributed by atoms with Crippen LogP contribution < -0.4 is 9.47 Å². The van der Waals surface area contributed by atoms with Gasteiger partial charge in [-0.25, -0.2) is 0 Å². The van der Waals surface area contributed by atoms with Crippen molar-refractivity contribution >= 4 is 5.78 Å². The lowest BCUT2D eigenvalue weighted by molar-refractivity contribution is -0.140. The highest BCUT2D eigenvalue weighted by Gasteiger charge is 2.86. The number of methoxy groups -OCH3 is 2. The zero-order valence-electron chi connectivity index (χ0n) is 14.5. The van der Waals surface area contributed by atoms with E-state index < -0.39 is 23.0 Å². The van der Waals surface area contributed by atoms with Crippen LogP contribution in [-0.4, -0.2) is 39.0 Å². The fourth-order valence-electron chi connectivity index (χ4n) is 4.56. The molecule has 3 fully saturated rings. The van der Waals surface area contributed by atoms with Gasteiger partial charge in [0.15, 0.2) is 29.0 Å². The molecular formula is C19H18N2O5. The quantitative estimate of drug-likeness (QED) is 0.763. The molecule has 0 aromatic heterocycles. The van der Waals surface area contributed by atoms with Gasteiger partial charge < -0.3 is 18.9 Å². The number of ether oxygens (including phenoxy) is 4. The van der Waals surface area contributed by atoms with E-state index in [9.17, 15) is 15.3 Å². The fraction of sp³-hybridized carbons (Fsp3) is 0.526. The van der Waals surface area contributed by atoms with Gasteiger partial charge in [0.1, 0.15) is 0 Å². The van der Waals surface area contributed by atoms with Crippen LogP contribution in [0.25, 0.3) is 0 Å². The van der Waals surface area contributed by atoms with Crippen molar-refractivity contribution in [1.82, 2.24) is 0 Å². The van der Waals surface area contributed by atoms with Crippen molar-refractivity contribution < 1.29 is 23.7 Å². The number of nitriles is 2. The van der Waals surface area contributed by atoms with Crippen molar-refractivity contribution in [2.24, 2.45) is 16.7 Å². The molecule has 134 valence electrons. The van der Waals surface area contributed by atoms with Crippen LogP contribution in [0.15, 0.2) is 18.2 Å². The van der Waals surface area contributed by atoms with Crippen LogP contribution >= 0.6 is 0 Å². The molecular weight excluding hydrogens is 336 g/mol. The van der Waals surface area contributed by atoms with Crippen LogP contribution in [0.2, 0.25) is 0 Å². The molecule has 7 nitrogen and oxygen atoms in total. The van der Waals surface area contributed by atoms with Gasteiger partial charge in [-0.15, -0.1) is 0 Å². The average molecular weight is 354 g/mol. The number of carbonyl (C=O) groups is 1. The first-order chi connectivity index (χ1) is 12.6. The van der Waals surface area contributed by atoms with Crippen molar-refractivity contribution in [1.29, 1.82) is 10.5 Å². The molecule has 7 heteroatoms. The lowest BCUT2D eigenvalue weighted by Crippen LogP contribution is -2.35. The number of hydrogen-bond donors (Lipinski definition) is 0. The van der Waals surface area contributed by atoms with Crippen molar-refractivity contribution in [3.05, 3.63) is 23.8 Å². The second-order valence-corrected chi connectivity index (χ2v) is 6.90. The van der Waals surface area contributed by atoms with Crippen molar-refractivity contribution in [3.63, 3.8) is 0 Å². The SMILES string of the molecule is COc1ccc(C(=O)[C@H]2C(C#N)(C#N)C23CC[C@H]2COC3O2)cc1OC. The first-order valence-electron chi connectivity index (χ1n) is 8.43. The van der Waals surface area contributed by atoms with Gasteiger partial charge in [-0.05, 0) is 31.0 Å². The minimum atomic E-state index is -1.43. The van der Waals surface area contributed by atoms with E-state index in [0.29, 0.717) is 36.5 Å². The van der Waals surface area contributed by atoms with E-state index in [4.69, 9.17) is 18.9 Å². The summed E-state index contributed by atoms with van der Waals surface area (Å²) in [4.78, 5) is 13.2. The second-order valence-electron chi connectivity index (χ2n) is 6.90. The monoisotopic (exact) mass is 354 g/mol. The van der Waals surface area contributed by atoms with Crippen LogP contribution in [0.3, 0.4) is 0 Å². The molecule has 0 amide bonds. The van der Waals surface area contributed by atoms with Gasteiger partial charge in [0.25, 0.3) is 0 Å². The van der Waals surface area contributed by atoms with E-state index >= 15 is 0 Å². The highest BCUT2D eigenvalue weighted by atomic mass is 16.7. The molecule has 0 radical (unpaired) electrons. The summed E-state index contributed by atoms with van der Waals surface area (Å²) in [5.74, 6) is -0.132. The Morgan fingerprint density at radius 2 is 1.96 bits per heavy atom. The molecule has 1 saturated carbocycles. The summed E-state index contributed by atoms with van der Waals surface area (Å²) in [5, 5.41) is 19.5. The number of hydrogen-bond acceptors (Lipinski definition) is 7. The molecule has 2 bridgehead atoms. The van der Waals surface area contributed by atoms with Gasteiger partial charge in [-0.3, -0.25) is 4.79 Å². The predicted molar refractivity (Wildman–Crippen MR) is 87.3 cm³/mol. The van der Waals surface area contributed by atoms with Crippen LogP contribution in [-0.2, 0) is 9.47 Å². The maximum Gasteiger partial charge on any atom is 0.169 e. The number of benzene rings is 1. The molecule has 1 aliphatic carbocycles. The highest BCUT2D eigenvalue weighted by Crippen LogP contribution is 2.76. The molecule has 3 aliphatic rings. The Hall–Kier alpha value is -2.61. The maximum absolute atomic E-state index is 13.2. The molecule has 2 saturated heterocycles. The molecule has 1 aromatic rings. The van der Waals surface area contributed by atoms with Gasteiger partial charge in [0, 0.05) is 5.56 Å². The van der Waals surface area contributed by atoms with Crippen molar-refractivity contribution in [2.75, 3.05) is 20.8 Å². The average Bonchev–Trinajstić information content (AvgIpc) is 3.06.